The molecule has 2 unspecified atom stereocenters. The van der Waals surface area contributed by atoms with Crippen LogP contribution in [0.15, 0.2) is 12.1 Å². The topological polar surface area (TPSA) is 57.6 Å². The van der Waals surface area contributed by atoms with E-state index >= 15 is 0 Å². The number of aliphatic carboxylic acids is 1. The van der Waals surface area contributed by atoms with E-state index < -0.39 is 11.9 Å². The second kappa shape index (κ2) is 5.20. The van der Waals surface area contributed by atoms with Crippen molar-refractivity contribution < 1.29 is 14.7 Å². The Morgan fingerprint density at radius 3 is 2.55 bits per heavy atom. The first kappa shape index (κ1) is 15.0. The maximum atomic E-state index is 11.9. The van der Waals surface area contributed by atoms with Crippen molar-refractivity contribution in [3.05, 3.63) is 21.9 Å². The van der Waals surface area contributed by atoms with E-state index in [1.807, 2.05) is 12.1 Å². The molecule has 20 heavy (non-hydrogen) atoms. The van der Waals surface area contributed by atoms with Crippen LogP contribution in [0.1, 0.15) is 49.4 Å². The van der Waals surface area contributed by atoms with Gasteiger partial charge in [0, 0.05) is 23.2 Å². The maximum Gasteiger partial charge on any atom is 0.308 e. The summed E-state index contributed by atoms with van der Waals surface area (Å²) in [5, 5.41) is 9.41. The van der Waals surface area contributed by atoms with Gasteiger partial charge >= 0.3 is 5.97 Å². The van der Waals surface area contributed by atoms with Gasteiger partial charge in [0.1, 0.15) is 0 Å². The molecule has 2 heterocycles. The molecule has 0 spiro atoms. The van der Waals surface area contributed by atoms with E-state index in [-0.39, 0.29) is 17.4 Å². The van der Waals surface area contributed by atoms with Gasteiger partial charge < -0.3 is 10.0 Å². The second-order valence-corrected chi connectivity index (χ2v) is 7.50. The van der Waals surface area contributed by atoms with Crippen molar-refractivity contribution in [3.63, 3.8) is 0 Å². The Hall–Kier alpha value is -1.36. The fourth-order valence-corrected chi connectivity index (χ4v) is 3.88. The zero-order chi connectivity index (χ0) is 15.1. The van der Waals surface area contributed by atoms with E-state index in [0.717, 1.165) is 4.88 Å². The molecule has 1 saturated heterocycles. The Kier molecular flexibility index (Phi) is 3.91. The van der Waals surface area contributed by atoms with E-state index in [4.69, 9.17) is 0 Å². The predicted octanol–water partition coefficient (Wildman–Crippen LogP) is 3.04. The number of hydrogen-bond donors (Lipinski definition) is 1. The number of likely N-dealkylation sites (tertiary alicyclic amines) is 1. The number of carboxylic acid groups (broad SMARTS) is 1. The van der Waals surface area contributed by atoms with Crippen LogP contribution in [-0.2, 0) is 15.0 Å². The van der Waals surface area contributed by atoms with Crippen LogP contribution in [0.25, 0.3) is 0 Å². The van der Waals surface area contributed by atoms with Crippen molar-refractivity contribution in [1.29, 1.82) is 0 Å². The zero-order valence-electron chi connectivity index (χ0n) is 12.3. The highest BCUT2D eigenvalue weighted by Crippen LogP contribution is 2.41. The molecule has 1 amide bonds. The molecule has 0 aliphatic carbocycles. The lowest BCUT2D eigenvalue weighted by Crippen LogP contribution is -2.42. The lowest BCUT2D eigenvalue weighted by Gasteiger charge is -2.36. The maximum absolute atomic E-state index is 11.9. The van der Waals surface area contributed by atoms with Crippen molar-refractivity contribution >= 4 is 23.2 Å². The number of rotatable bonds is 2. The Labute approximate surface area is 123 Å². The second-order valence-electron chi connectivity index (χ2n) is 6.38. The number of amides is 1. The van der Waals surface area contributed by atoms with Crippen LogP contribution >= 0.6 is 11.3 Å². The lowest BCUT2D eigenvalue weighted by molar-refractivity contribution is -0.150. The van der Waals surface area contributed by atoms with Gasteiger partial charge in [0.05, 0.1) is 12.0 Å². The summed E-state index contributed by atoms with van der Waals surface area (Å²) in [6.07, 6.45) is 0.743. The summed E-state index contributed by atoms with van der Waals surface area (Å²) >= 11 is 1.62. The van der Waals surface area contributed by atoms with E-state index in [2.05, 4.69) is 20.8 Å². The van der Waals surface area contributed by atoms with Gasteiger partial charge in [-0.05, 0) is 24.0 Å². The average molecular weight is 295 g/mol. The highest BCUT2D eigenvalue weighted by atomic mass is 32.1. The molecule has 110 valence electrons. The molecule has 4 nitrogen and oxygen atoms in total. The van der Waals surface area contributed by atoms with E-state index in [1.54, 1.807) is 23.3 Å². The average Bonchev–Trinajstić information content (AvgIpc) is 2.80. The molecular weight excluding hydrogens is 274 g/mol. The van der Waals surface area contributed by atoms with Gasteiger partial charge in [-0.2, -0.15) is 0 Å². The van der Waals surface area contributed by atoms with Crippen molar-refractivity contribution in [2.75, 3.05) is 7.05 Å². The largest absolute Gasteiger partial charge is 0.481 e. The minimum absolute atomic E-state index is 0.0261. The minimum Gasteiger partial charge on any atom is -0.481 e. The van der Waals surface area contributed by atoms with Gasteiger partial charge in [-0.15, -0.1) is 11.3 Å². The summed E-state index contributed by atoms with van der Waals surface area (Å²) in [7, 11) is 1.71. The number of carboxylic acids is 1. The lowest BCUT2D eigenvalue weighted by atomic mass is 9.88. The number of nitrogens with zero attached hydrogens (tertiary/aromatic N) is 1. The Morgan fingerprint density at radius 2 is 2.05 bits per heavy atom. The van der Waals surface area contributed by atoms with E-state index in [1.165, 1.54) is 4.88 Å². The Morgan fingerprint density at radius 1 is 1.40 bits per heavy atom. The first-order valence-corrected chi connectivity index (χ1v) is 7.62. The molecule has 1 aromatic heterocycles. The van der Waals surface area contributed by atoms with Crippen molar-refractivity contribution in [3.8, 4) is 0 Å². The van der Waals surface area contributed by atoms with Crippen LogP contribution in [0.4, 0.5) is 0 Å². The monoisotopic (exact) mass is 295 g/mol. The van der Waals surface area contributed by atoms with Crippen LogP contribution in [-0.4, -0.2) is 28.9 Å². The van der Waals surface area contributed by atoms with Gasteiger partial charge in [0.2, 0.25) is 5.91 Å². The Balaban J connectivity index is 2.37. The molecule has 1 N–H and O–H groups in total. The number of thiophene rings is 1. The fraction of sp³-hybridized carbons (Fsp3) is 0.600. The molecule has 0 saturated carbocycles. The van der Waals surface area contributed by atoms with Crippen LogP contribution in [0, 0.1) is 5.92 Å². The van der Waals surface area contributed by atoms with Gasteiger partial charge in [0.25, 0.3) is 0 Å². The Bertz CT molecular complexity index is 529. The molecule has 1 aliphatic heterocycles. The molecule has 0 bridgehead atoms. The van der Waals surface area contributed by atoms with Crippen LogP contribution in [0.5, 0.6) is 0 Å². The number of carbonyl (C=O) groups excluding carboxylic acids is 1. The van der Waals surface area contributed by atoms with Crippen molar-refractivity contribution in [1.82, 2.24) is 4.90 Å². The van der Waals surface area contributed by atoms with E-state index in [9.17, 15) is 14.7 Å². The molecule has 2 atom stereocenters. The third-order valence-corrected chi connectivity index (χ3v) is 5.42. The van der Waals surface area contributed by atoms with Crippen LogP contribution in [0.3, 0.4) is 0 Å². The molecule has 0 aromatic carbocycles. The van der Waals surface area contributed by atoms with Crippen molar-refractivity contribution in [2.24, 2.45) is 5.92 Å². The predicted molar refractivity (Wildman–Crippen MR) is 78.9 cm³/mol. The standard InChI is InChI=1S/C15H21NO3S/c1-15(2,3)11-7-6-10(20-11)13-9(14(18)19)5-8-12(17)16(13)4/h6-7,9,13H,5,8H2,1-4H3,(H,18,19). The molecule has 1 fully saturated rings. The summed E-state index contributed by atoms with van der Waals surface area (Å²) in [4.78, 5) is 27.1. The summed E-state index contributed by atoms with van der Waals surface area (Å²) in [5.74, 6) is -1.30. The van der Waals surface area contributed by atoms with Crippen LogP contribution < -0.4 is 0 Å². The molecular formula is C15H21NO3S. The third-order valence-electron chi connectivity index (χ3n) is 3.84. The molecule has 5 heteroatoms. The highest BCUT2D eigenvalue weighted by molar-refractivity contribution is 7.12. The third kappa shape index (κ3) is 2.73. The van der Waals surface area contributed by atoms with Crippen molar-refractivity contribution in [2.45, 2.75) is 45.1 Å². The summed E-state index contributed by atoms with van der Waals surface area (Å²) < 4.78 is 0. The molecule has 2 rings (SSSR count). The number of carbonyl (C=O) groups is 2. The number of piperidine rings is 1. The smallest absolute Gasteiger partial charge is 0.308 e. The van der Waals surface area contributed by atoms with Gasteiger partial charge in [-0.25, -0.2) is 0 Å². The molecule has 1 aromatic rings. The van der Waals surface area contributed by atoms with E-state index in [0.29, 0.717) is 12.8 Å². The van der Waals surface area contributed by atoms with Gasteiger partial charge in [-0.3, -0.25) is 9.59 Å². The quantitative estimate of drug-likeness (QED) is 0.912. The summed E-state index contributed by atoms with van der Waals surface area (Å²) in [5.41, 5.74) is 0.0406. The first-order valence-electron chi connectivity index (χ1n) is 6.80. The first-order chi connectivity index (χ1) is 9.21. The van der Waals surface area contributed by atoms with Gasteiger partial charge in [-0.1, -0.05) is 20.8 Å². The summed E-state index contributed by atoms with van der Waals surface area (Å²) in [6, 6.07) is 3.68. The normalized spacial score (nSPS) is 24.0. The molecule has 0 radical (unpaired) electrons. The summed E-state index contributed by atoms with van der Waals surface area (Å²) in [6.45, 7) is 6.40. The molecule has 1 aliphatic rings. The zero-order valence-corrected chi connectivity index (χ0v) is 13.2. The highest BCUT2D eigenvalue weighted by Gasteiger charge is 2.39. The fourth-order valence-electron chi connectivity index (χ4n) is 2.60. The van der Waals surface area contributed by atoms with Gasteiger partial charge in [0.15, 0.2) is 0 Å². The SMILES string of the molecule is CN1C(=O)CCC(C(=O)O)C1c1ccc(C(C)(C)C)s1. The minimum atomic E-state index is -0.819. The number of hydrogen-bond acceptors (Lipinski definition) is 3. The van der Waals surface area contributed by atoms with Crippen LogP contribution in [0.2, 0.25) is 0 Å².